The van der Waals surface area contributed by atoms with Gasteiger partial charge in [0.1, 0.15) is 0 Å². The fourth-order valence-corrected chi connectivity index (χ4v) is 2.59. The molecule has 2 aliphatic heterocycles. The fourth-order valence-electron chi connectivity index (χ4n) is 2.59. The van der Waals surface area contributed by atoms with E-state index in [0.29, 0.717) is 19.6 Å². The molecule has 116 valence electrons. The number of cyclic esters (lactones) is 1. The van der Waals surface area contributed by atoms with E-state index < -0.39 is 6.09 Å². The van der Waals surface area contributed by atoms with Crippen molar-refractivity contribution < 1.29 is 19.1 Å². The van der Waals surface area contributed by atoms with Gasteiger partial charge in [-0.25, -0.2) is 14.5 Å². The highest BCUT2D eigenvalue weighted by Crippen LogP contribution is 2.20. The van der Waals surface area contributed by atoms with Crippen molar-refractivity contribution in [1.82, 2.24) is 9.80 Å². The van der Waals surface area contributed by atoms with E-state index >= 15 is 0 Å². The summed E-state index contributed by atoms with van der Waals surface area (Å²) in [6, 6.07) is 7.41. The molecule has 7 nitrogen and oxygen atoms in total. The second-order valence-electron chi connectivity index (χ2n) is 5.63. The number of likely N-dealkylation sites (tertiary alicyclic amines) is 1. The summed E-state index contributed by atoms with van der Waals surface area (Å²) in [5.41, 5.74) is 1.83. The molecule has 0 aromatic heterocycles. The molecule has 1 aromatic rings. The van der Waals surface area contributed by atoms with Crippen LogP contribution < -0.4 is 5.32 Å². The first-order valence-electron chi connectivity index (χ1n) is 7.12. The summed E-state index contributed by atoms with van der Waals surface area (Å²) < 4.78 is 4.66. The van der Waals surface area contributed by atoms with Crippen LogP contribution in [0.4, 0.5) is 15.3 Å². The van der Waals surface area contributed by atoms with Crippen LogP contribution in [0.2, 0.25) is 0 Å². The number of hydrogen-bond acceptors (Lipinski definition) is 4. The highest BCUT2D eigenvalue weighted by molar-refractivity contribution is 5.97. The highest BCUT2D eigenvalue weighted by Gasteiger charge is 2.38. The average molecular weight is 303 g/mol. The molecule has 2 saturated heterocycles. The summed E-state index contributed by atoms with van der Waals surface area (Å²) in [6.45, 7) is 3.14. The molecule has 3 rings (SSSR count). The summed E-state index contributed by atoms with van der Waals surface area (Å²) in [7, 11) is 0. The predicted octanol–water partition coefficient (Wildman–Crippen LogP) is 1.44. The van der Waals surface area contributed by atoms with Crippen molar-refractivity contribution in [3.8, 4) is 0 Å². The Labute approximate surface area is 127 Å². The summed E-state index contributed by atoms with van der Waals surface area (Å²) in [5.74, 6) is -0.203. The maximum Gasteiger partial charge on any atom is 0.417 e. The molecular weight excluding hydrogens is 286 g/mol. The van der Waals surface area contributed by atoms with Crippen molar-refractivity contribution >= 4 is 23.7 Å². The van der Waals surface area contributed by atoms with Crippen LogP contribution in [0.5, 0.6) is 0 Å². The number of nitrogens with one attached hydrogen (secondary N) is 1. The summed E-state index contributed by atoms with van der Waals surface area (Å²) in [5, 5.41) is 2.83. The number of amides is 4. The molecule has 22 heavy (non-hydrogen) atoms. The lowest BCUT2D eigenvalue weighted by atomic mass is 10.0. The molecule has 0 radical (unpaired) electrons. The van der Waals surface area contributed by atoms with E-state index in [1.165, 1.54) is 0 Å². The molecule has 2 aliphatic rings. The third kappa shape index (κ3) is 2.88. The lowest BCUT2D eigenvalue weighted by molar-refractivity contribution is -0.126. The Balaban J connectivity index is 1.47. The monoisotopic (exact) mass is 303 g/mol. The molecule has 0 unspecified atom stereocenters. The number of nitrogens with zero attached hydrogens (tertiary/aromatic N) is 2. The van der Waals surface area contributed by atoms with Gasteiger partial charge in [0.15, 0.2) is 6.61 Å². The zero-order valence-corrected chi connectivity index (χ0v) is 12.2. The Morgan fingerprint density at radius 3 is 2.77 bits per heavy atom. The number of aryl methyl sites for hydroxylation is 1. The van der Waals surface area contributed by atoms with E-state index in [1.807, 2.05) is 31.2 Å². The van der Waals surface area contributed by atoms with Crippen molar-refractivity contribution in [1.29, 1.82) is 0 Å². The smallest absolute Gasteiger partial charge is 0.417 e. The first kappa shape index (κ1) is 14.4. The van der Waals surface area contributed by atoms with Crippen LogP contribution in [0.3, 0.4) is 0 Å². The fraction of sp³-hybridized carbons (Fsp3) is 0.400. The number of anilines is 1. The molecule has 0 atom stereocenters. The lowest BCUT2D eigenvalue weighted by Crippen LogP contribution is -2.55. The van der Waals surface area contributed by atoms with Crippen LogP contribution in [0, 0.1) is 12.8 Å². The SMILES string of the molecule is Cc1cccc(NC(=O)N2CC(CN3C(=O)COC3=O)C2)c1. The Bertz CT molecular complexity index is 609. The zero-order valence-electron chi connectivity index (χ0n) is 12.2. The van der Waals surface area contributed by atoms with Gasteiger partial charge in [-0.15, -0.1) is 0 Å². The Morgan fingerprint density at radius 1 is 1.36 bits per heavy atom. The summed E-state index contributed by atoms with van der Waals surface area (Å²) in [6.07, 6.45) is -0.590. The van der Waals surface area contributed by atoms with Crippen molar-refractivity contribution in [2.45, 2.75) is 6.92 Å². The number of carbonyl (C=O) groups excluding carboxylic acids is 3. The second kappa shape index (κ2) is 5.67. The van der Waals surface area contributed by atoms with Gasteiger partial charge in [-0.1, -0.05) is 12.1 Å². The van der Waals surface area contributed by atoms with Gasteiger partial charge in [0, 0.05) is 31.2 Å². The van der Waals surface area contributed by atoms with Crippen molar-refractivity contribution in [2.24, 2.45) is 5.92 Å². The molecule has 0 aliphatic carbocycles. The Hall–Kier alpha value is -2.57. The molecule has 0 bridgehead atoms. The number of ether oxygens (including phenoxy) is 1. The van der Waals surface area contributed by atoms with Gasteiger partial charge < -0.3 is 15.0 Å². The molecule has 7 heteroatoms. The van der Waals surface area contributed by atoms with Gasteiger partial charge >= 0.3 is 12.1 Å². The van der Waals surface area contributed by atoms with E-state index in [0.717, 1.165) is 16.2 Å². The Morgan fingerprint density at radius 2 is 2.14 bits per heavy atom. The van der Waals surface area contributed by atoms with Crippen LogP contribution in [-0.4, -0.2) is 54.1 Å². The number of rotatable bonds is 3. The summed E-state index contributed by atoms with van der Waals surface area (Å²) in [4.78, 5) is 37.6. The minimum Gasteiger partial charge on any atom is -0.439 e. The first-order chi connectivity index (χ1) is 10.5. The van der Waals surface area contributed by atoms with E-state index in [-0.39, 0.29) is 24.5 Å². The maximum absolute atomic E-state index is 12.1. The van der Waals surface area contributed by atoms with Crippen LogP contribution in [-0.2, 0) is 9.53 Å². The number of carbonyl (C=O) groups is 3. The van der Waals surface area contributed by atoms with E-state index in [2.05, 4.69) is 10.1 Å². The van der Waals surface area contributed by atoms with Crippen LogP contribution in [0.25, 0.3) is 0 Å². The molecule has 4 amide bonds. The average Bonchev–Trinajstić information content (AvgIpc) is 2.73. The third-order valence-electron chi connectivity index (χ3n) is 3.80. The molecule has 2 fully saturated rings. The number of imide groups is 1. The molecule has 0 spiro atoms. The van der Waals surface area contributed by atoms with E-state index in [1.54, 1.807) is 4.90 Å². The molecule has 1 aromatic carbocycles. The van der Waals surface area contributed by atoms with Crippen LogP contribution in [0.15, 0.2) is 24.3 Å². The largest absolute Gasteiger partial charge is 0.439 e. The topological polar surface area (TPSA) is 79.0 Å². The number of urea groups is 1. The van der Waals surface area contributed by atoms with Crippen LogP contribution in [0.1, 0.15) is 5.56 Å². The standard InChI is InChI=1S/C15H17N3O4/c1-10-3-2-4-12(5-10)16-14(20)17-6-11(7-17)8-18-13(19)9-22-15(18)21/h2-5,11H,6-9H2,1H3,(H,16,20). The molecule has 1 N–H and O–H groups in total. The van der Waals surface area contributed by atoms with Gasteiger partial charge in [0.05, 0.1) is 0 Å². The van der Waals surface area contributed by atoms with Crippen molar-refractivity contribution in [2.75, 3.05) is 31.6 Å². The Kier molecular flexibility index (Phi) is 3.70. The third-order valence-corrected chi connectivity index (χ3v) is 3.80. The molecular formula is C15H17N3O4. The van der Waals surface area contributed by atoms with Crippen LogP contribution >= 0.6 is 0 Å². The second-order valence-corrected chi connectivity index (χ2v) is 5.63. The van der Waals surface area contributed by atoms with Crippen molar-refractivity contribution in [3.05, 3.63) is 29.8 Å². The maximum atomic E-state index is 12.1. The van der Waals surface area contributed by atoms with Gasteiger partial charge in [-0.05, 0) is 24.6 Å². The number of benzene rings is 1. The minimum atomic E-state index is -0.590. The quantitative estimate of drug-likeness (QED) is 0.916. The molecule has 2 heterocycles. The first-order valence-corrected chi connectivity index (χ1v) is 7.12. The lowest BCUT2D eigenvalue weighted by Gasteiger charge is -2.40. The van der Waals surface area contributed by atoms with Gasteiger partial charge in [-0.3, -0.25) is 4.79 Å². The highest BCUT2D eigenvalue weighted by atomic mass is 16.6. The number of hydrogen-bond donors (Lipinski definition) is 1. The predicted molar refractivity (Wildman–Crippen MR) is 78.3 cm³/mol. The van der Waals surface area contributed by atoms with Gasteiger partial charge in [-0.2, -0.15) is 0 Å². The van der Waals surface area contributed by atoms with E-state index in [9.17, 15) is 14.4 Å². The van der Waals surface area contributed by atoms with E-state index in [4.69, 9.17) is 0 Å². The summed E-state index contributed by atoms with van der Waals surface area (Å²) >= 11 is 0. The normalized spacial score (nSPS) is 18.2. The zero-order chi connectivity index (χ0) is 15.7. The van der Waals surface area contributed by atoms with Gasteiger partial charge in [0.25, 0.3) is 5.91 Å². The molecule has 0 saturated carbocycles. The van der Waals surface area contributed by atoms with Crippen molar-refractivity contribution in [3.63, 3.8) is 0 Å². The van der Waals surface area contributed by atoms with Gasteiger partial charge in [0.2, 0.25) is 0 Å². The minimum absolute atomic E-state index is 0.109.